The van der Waals surface area contributed by atoms with Crippen molar-refractivity contribution in [1.29, 1.82) is 0 Å². The number of ether oxygens (including phenoxy) is 1. The minimum Gasteiger partial charge on any atom is -0.458 e. The van der Waals surface area contributed by atoms with Crippen LogP contribution in [0.15, 0.2) is 61.3 Å². The van der Waals surface area contributed by atoms with Gasteiger partial charge in [-0.3, -0.25) is 0 Å². The van der Waals surface area contributed by atoms with Gasteiger partial charge in [0.1, 0.15) is 6.10 Å². The predicted octanol–water partition coefficient (Wildman–Crippen LogP) is 4.90. The molecule has 0 saturated carbocycles. The molecule has 0 aromatic carbocycles. The van der Waals surface area contributed by atoms with Gasteiger partial charge in [-0.25, -0.2) is 4.79 Å². The zero-order chi connectivity index (χ0) is 28.0. The molecule has 6 nitrogen and oxygen atoms in total. The quantitative estimate of drug-likeness (QED) is 0.241. The van der Waals surface area contributed by atoms with Crippen molar-refractivity contribution >= 4 is 5.97 Å². The lowest BCUT2D eigenvalue weighted by molar-refractivity contribution is -0.150. The summed E-state index contributed by atoms with van der Waals surface area (Å²) in [4.78, 5) is 12.6. The van der Waals surface area contributed by atoms with Crippen LogP contribution in [-0.2, 0) is 9.53 Å². The van der Waals surface area contributed by atoms with E-state index in [1.165, 1.54) is 6.08 Å². The van der Waals surface area contributed by atoms with E-state index in [1.807, 2.05) is 52.8 Å². The second-order valence-corrected chi connectivity index (χ2v) is 10.8. The summed E-state index contributed by atoms with van der Waals surface area (Å²) in [5.74, 6) is -1.20. The molecule has 1 aliphatic rings. The van der Waals surface area contributed by atoms with Gasteiger partial charge >= 0.3 is 5.97 Å². The van der Waals surface area contributed by atoms with E-state index in [2.05, 4.69) is 6.58 Å². The van der Waals surface area contributed by atoms with E-state index >= 15 is 0 Å². The van der Waals surface area contributed by atoms with Gasteiger partial charge in [0.15, 0.2) is 0 Å². The fraction of sp³-hybridized carbons (Fsp3) is 0.645. The van der Waals surface area contributed by atoms with Gasteiger partial charge < -0.3 is 25.2 Å². The van der Waals surface area contributed by atoms with E-state index in [4.69, 9.17) is 4.74 Å². The highest BCUT2D eigenvalue weighted by Crippen LogP contribution is 2.26. The Morgan fingerprint density at radius 1 is 0.946 bits per heavy atom. The summed E-state index contributed by atoms with van der Waals surface area (Å²) < 4.78 is 5.78. The second-order valence-electron chi connectivity index (χ2n) is 10.8. The first-order chi connectivity index (χ1) is 17.5. The van der Waals surface area contributed by atoms with Crippen LogP contribution in [0.1, 0.15) is 66.7 Å². The smallest absolute Gasteiger partial charge is 0.331 e. The lowest BCUT2D eigenvalue weighted by atomic mass is 9.85. The molecule has 0 amide bonds. The summed E-state index contributed by atoms with van der Waals surface area (Å²) in [6, 6.07) is 0. The molecule has 210 valence electrons. The minimum atomic E-state index is -0.822. The summed E-state index contributed by atoms with van der Waals surface area (Å²) in [5, 5.41) is 42.4. The number of allylic oxidation sites excluding steroid dienone is 4. The van der Waals surface area contributed by atoms with Crippen molar-refractivity contribution in [3.05, 3.63) is 61.3 Å². The van der Waals surface area contributed by atoms with Crippen LogP contribution >= 0.6 is 0 Å². The molecule has 0 aliphatic carbocycles. The number of cyclic esters (lactones) is 1. The van der Waals surface area contributed by atoms with Crippen molar-refractivity contribution < 1.29 is 30.0 Å². The van der Waals surface area contributed by atoms with Gasteiger partial charge in [-0.15, -0.1) is 0 Å². The van der Waals surface area contributed by atoms with E-state index in [0.29, 0.717) is 6.42 Å². The Kier molecular flexibility index (Phi) is 15.6. The monoisotopic (exact) mass is 518 g/mol. The Morgan fingerprint density at radius 2 is 1.62 bits per heavy atom. The maximum absolute atomic E-state index is 12.6. The second kappa shape index (κ2) is 17.5. The van der Waals surface area contributed by atoms with Crippen LogP contribution in [0.3, 0.4) is 0 Å². The van der Waals surface area contributed by atoms with Crippen molar-refractivity contribution in [2.24, 2.45) is 29.6 Å². The number of hydrogen-bond donors (Lipinski definition) is 4. The van der Waals surface area contributed by atoms with Crippen LogP contribution in [0, 0.1) is 29.6 Å². The lowest BCUT2D eigenvalue weighted by Gasteiger charge is -2.31. The third-order valence-corrected chi connectivity index (χ3v) is 7.46. The third kappa shape index (κ3) is 12.4. The molecule has 1 rings (SSSR count). The van der Waals surface area contributed by atoms with Crippen LogP contribution in [0.2, 0.25) is 0 Å². The molecular formula is C31H50O6. The third-order valence-electron chi connectivity index (χ3n) is 7.46. The molecule has 1 heterocycles. The Hall–Kier alpha value is -1.99. The SMILES string of the molecule is C=C/C=C\C(C)C1OC(=O)/C=C\C=C\[C@@H](C)[C@@H](O)C[C@H](O)/C=C\[C@H](C)[C@H](O)[C@@H](C)CCCC[C@@H](O)C1C. The Labute approximate surface area is 224 Å². The zero-order valence-electron chi connectivity index (χ0n) is 23.3. The molecule has 0 radical (unpaired) electrons. The normalized spacial score (nSPS) is 39.5. The van der Waals surface area contributed by atoms with Crippen LogP contribution in [0.25, 0.3) is 0 Å². The summed E-state index contributed by atoms with van der Waals surface area (Å²) >= 11 is 0. The minimum absolute atomic E-state index is 0.0597. The largest absolute Gasteiger partial charge is 0.458 e. The Balaban J connectivity index is 3.10. The summed E-state index contributed by atoms with van der Waals surface area (Å²) in [6.07, 6.45) is 15.1. The highest BCUT2D eigenvalue weighted by atomic mass is 16.5. The predicted molar refractivity (Wildman–Crippen MR) is 150 cm³/mol. The van der Waals surface area contributed by atoms with Gasteiger partial charge in [0.05, 0.1) is 24.4 Å². The average Bonchev–Trinajstić information content (AvgIpc) is 2.87. The van der Waals surface area contributed by atoms with E-state index in [-0.39, 0.29) is 36.0 Å². The van der Waals surface area contributed by atoms with Crippen LogP contribution in [0.4, 0.5) is 0 Å². The molecule has 6 heteroatoms. The summed E-state index contributed by atoms with van der Waals surface area (Å²) in [5.41, 5.74) is 0. The van der Waals surface area contributed by atoms with Gasteiger partial charge in [-0.2, -0.15) is 0 Å². The standard InChI is InChI=1S/C31H50O6/c1-7-8-13-24(5)31-25(6)27(33)16-11-9-15-22(3)30(36)23(4)18-19-26(32)20-28(34)21(2)14-10-12-17-29(35)37-31/h7-8,10,12-14,17-19,21-28,30-34,36H,1,9,11,15-16,20H2,2-6H3/b13-8-,14-10+,17-12-,19-18-/t21-,22+,23+,24?,25?,26-,27-,28+,30-,31?/m1/s1. The van der Waals surface area contributed by atoms with Crippen LogP contribution in [-0.4, -0.2) is 56.9 Å². The number of aliphatic hydroxyl groups is 4. The van der Waals surface area contributed by atoms with Crippen molar-refractivity contribution in [2.45, 2.75) is 97.2 Å². The van der Waals surface area contributed by atoms with Crippen LogP contribution in [0.5, 0.6) is 0 Å². The Morgan fingerprint density at radius 3 is 2.30 bits per heavy atom. The molecule has 0 bridgehead atoms. The van der Waals surface area contributed by atoms with E-state index in [1.54, 1.807) is 30.4 Å². The topological polar surface area (TPSA) is 107 Å². The maximum Gasteiger partial charge on any atom is 0.331 e. The van der Waals surface area contributed by atoms with E-state index in [9.17, 15) is 25.2 Å². The van der Waals surface area contributed by atoms with Crippen LogP contribution < -0.4 is 0 Å². The molecule has 0 spiro atoms. The highest BCUT2D eigenvalue weighted by Gasteiger charge is 2.30. The maximum atomic E-state index is 12.6. The van der Waals surface area contributed by atoms with Gasteiger partial charge in [0.25, 0.3) is 0 Å². The molecule has 0 saturated heterocycles. The van der Waals surface area contributed by atoms with Crippen molar-refractivity contribution in [3.63, 3.8) is 0 Å². The molecule has 3 unspecified atom stereocenters. The molecule has 1 aliphatic heterocycles. The molecule has 0 aromatic rings. The molecular weight excluding hydrogens is 468 g/mol. The van der Waals surface area contributed by atoms with Crippen molar-refractivity contribution in [1.82, 2.24) is 0 Å². The van der Waals surface area contributed by atoms with E-state index < -0.39 is 36.5 Å². The fourth-order valence-corrected chi connectivity index (χ4v) is 4.68. The molecule has 0 aromatic heterocycles. The fourth-order valence-electron chi connectivity index (χ4n) is 4.68. The average molecular weight is 519 g/mol. The highest BCUT2D eigenvalue weighted by molar-refractivity contribution is 5.82. The number of aliphatic hydroxyl groups excluding tert-OH is 4. The molecule has 10 atom stereocenters. The van der Waals surface area contributed by atoms with Gasteiger partial charge in [-0.05, 0) is 18.8 Å². The summed E-state index contributed by atoms with van der Waals surface area (Å²) in [7, 11) is 0. The summed E-state index contributed by atoms with van der Waals surface area (Å²) in [6.45, 7) is 13.3. The number of esters is 1. The lowest BCUT2D eigenvalue weighted by Crippen LogP contribution is -2.37. The van der Waals surface area contributed by atoms with Gasteiger partial charge in [0, 0.05) is 36.2 Å². The first kappa shape index (κ1) is 33.0. The van der Waals surface area contributed by atoms with Crippen molar-refractivity contribution in [3.8, 4) is 0 Å². The zero-order valence-corrected chi connectivity index (χ0v) is 23.3. The Bertz CT molecular complexity index is 785. The van der Waals surface area contributed by atoms with E-state index in [0.717, 1.165) is 19.3 Å². The molecule has 0 fully saturated rings. The molecule has 37 heavy (non-hydrogen) atoms. The molecule has 4 N–H and O–H groups in total. The number of carbonyl (C=O) groups is 1. The first-order valence-electron chi connectivity index (χ1n) is 13.7. The first-order valence-corrected chi connectivity index (χ1v) is 13.7. The number of carbonyl (C=O) groups excluding carboxylic acids is 1. The van der Waals surface area contributed by atoms with Gasteiger partial charge in [0.2, 0.25) is 0 Å². The number of rotatable bonds is 3. The number of hydrogen-bond acceptors (Lipinski definition) is 6. The van der Waals surface area contributed by atoms with Gasteiger partial charge in [-0.1, -0.05) is 103 Å². The van der Waals surface area contributed by atoms with Crippen molar-refractivity contribution in [2.75, 3.05) is 0 Å².